The fourth-order valence-corrected chi connectivity index (χ4v) is 1.78. The van der Waals surface area contributed by atoms with Crippen LogP contribution in [0.1, 0.15) is 23.6 Å². The normalized spacial score (nSPS) is 16.1. The Morgan fingerprint density at radius 3 is 3.07 bits per heavy atom. The number of hydrogen-bond donors (Lipinski definition) is 2. The van der Waals surface area contributed by atoms with Crippen molar-refractivity contribution in [2.75, 3.05) is 13.2 Å². The highest BCUT2D eigenvalue weighted by molar-refractivity contribution is 5.40. The predicted molar refractivity (Wildman–Crippen MR) is 56.2 cm³/mol. The van der Waals surface area contributed by atoms with Crippen LogP contribution in [0.15, 0.2) is 18.2 Å². The van der Waals surface area contributed by atoms with Crippen molar-refractivity contribution in [3.8, 4) is 5.75 Å². The van der Waals surface area contributed by atoms with E-state index < -0.39 is 0 Å². The third-order valence-electron chi connectivity index (χ3n) is 2.62. The van der Waals surface area contributed by atoms with E-state index in [1.54, 1.807) is 0 Å². The van der Waals surface area contributed by atoms with E-state index in [1.807, 2.05) is 12.1 Å². The van der Waals surface area contributed by atoms with Gasteiger partial charge in [0.05, 0.1) is 6.61 Å². The summed E-state index contributed by atoms with van der Waals surface area (Å²) in [7, 11) is 0. The molecule has 1 unspecified atom stereocenters. The van der Waals surface area contributed by atoms with Crippen LogP contribution in [0.2, 0.25) is 0 Å². The Labute approximate surface area is 84.0 Å². The fourth-order valence-electron chi connectivity index (χ4n) is 1.78. The number of rotatable bonds is 3. The minimum absolute atomic E-state index is 0.0610. The van der Waals surface area contributed by atoms with Gasteiger partial charge < -0.3 is 16.2 Å². The summed E-state index contributed by atoms with van der Waals surface area (Å²) < 4.78 is 5.43. The van der Waals surface area contributed by atoms with Gasteiger partial charge in [0.2, 0.25) is 0 Å². The molecule has 1 aliphatic heterocycles. The van der Waals surface area contributed by atoms with Gasteiger partial charge in [-0.15, -0.1) is 0 Å². The summed E-state index contributed by atoms with van der Waals surface area (Å²) in [5.74, 6) is 1.01. The van der Waals surface area contributed by atoms with Crippen molar-refractivity contribution in [2.24, 2.45) is 11.5 Å². The van der Waals surface area contributed by atoms with Crippen LogP contribution in [-0.4, -0.2) is 13.2 Å². The summed E-state index contributed by atoms with van der Waals surface area (Å²) in [6.07, 6.45) is 1.83. The third-order valence-corrected chi connectivity index (χ3v) is 2.62. The average Bonchev–Trinajstić information content (AvgIpc) is 2.64. The summed E-state index contributed by atoms with van der Waals surface area (Å²) in [6.45, 7) is 1.43. The van der Waals surface area contributed by atoms with Crippen LogP contribution in [0.25, 0.3) is 0 Å². The first-order valence-corrected chi connectivity index (χ1v) is 5.02. The molecule has 76 valence electrons. The number of nitrogens with two attached hydrogens (primary N) is 2. The second-order valence-electron chi connectivity index (χ2n) is 3.65. The SMILES string of the molecule is NCCC(N)c1ccc2c(c1)CCO2. The van der Waals surface area contributed by atoms with E-state index in [-0.39, 0.29) is 6.04 Å². The van der Waals surface area contributed by atoms with Gasteiger partial charge in [-0.25, -0.2) is 0 Å². The third kappa shape index (κ3) is 1.74. The molecule has 1 aromatic rings. The molecular formula is C11H16N2O. The summed E-state index contributed by atoms with van der Waals surface area (Å²) >= 11 is 0. The monoisotopic (exact) mass is 192 g/mol. The van der Waals surface area contributed by atoms with Crippen molar-refractivity contribution in [3.63, 3.8) is 0 Å². The maximum Gasteiger partial charge on any atom is 0.122 e. The van der Waals surface area contributed by atoms with Crippen molar-refractivity contribution in [1.82, 2.24) is 0 Å². The summed E-state index contributed by atoms with van der Waals surface area (Å²) in [4.78, 5) is 0. The molecule has 1 aromatic carbocycles. The van der Waals surface area contributed by atoms with Gasteiger partial charge in [-0.3, -0.25) is 0 Å². The Kier molecular flexibility index (Phi) is 2.70. The zero-order chi connectivity index (χ0) is 9.97. The minimum atomic E-state index is 0.0610. The molecule has 14 heavy (non-hydrogen) atoms. The van der Waals surface area contributed by atoms with Gasteiger partial charge >= 0.3 is 0 Å². The first-order valence-electron chi connectivity index (χ1n) is 5.02. The molecule has 0 radical (unpaired) electrons. The van der Waals surface area contributed by atoms with Crippen molar-refractivity contribution in [2.45, 2.75) is 18.9 Å². The Morgan fingerprint density at radius 1 is 1.43 bits per heavy atom. The molecule has 1 heterocycles. The molecular weight excluding hydrogens is 176 g/mol. The van der Waals surface area contributed by atoms with Crippen LogP contribution in [0.5, 0.6) is 5.75 Å². The lowest BCUT2D eigenvalue weighted by molar-refractivity contribution is 0.357. The van der Waals surface area contributed by atoms with E-state index in [2.05, 4.69) is 6.07 Å². The largest absolute Gasteiger partial charge is 0.493 e. The molecule has 3 nitrogen and oxygen atoms in total. The Morgan fingerprint density at radius 2 is 2.29 bits per heavy atom. The van der Waals surface area contributed by atoms with Crippen LogP contribution in [-0.2, 0) is 6.42 Å². The molecule has 0 fully saturated rings. The topological polar surface area (TPSA) is 61.3 Å². The molecule has 3 heteroatoms. The molecule has 0 saturated heterocycles. The zero-order valence-corrected chi connectivity index (χ0v) is 8.20. The van der Waals surface area contributed by atoms with Crippen molar-refractivity contribution in [3.05, 3.63) is 29.3 Å². The summed E-state index contributed by atoms with van der Waals surface area (Å²) in [5, 5.41) is 0. The van der Waals surface area contributed by atoms with Crippen LogP contribution in [0, 0.1) is 0 Å². The molecule has 0 aliphatic carbocycles. The molecule has 1 atom stereocenters. The quantitative estimate of drug-likeness (QED) is 0.750. The van der Waals surface area contributed by atoms with Crippen LogP contribution < -0.4 is 16.2 Å². The maximum absolute atomic E-state index is 5.98. The van der Waals surface area contributed by atoms with E-state index in [0.717, 1.165) is 25.2 Å². The Bertz CT molecular complexity index is 325. The Hall–Kier alpha value is -1.06. The molecule has 4 N–H and O–H groups in total. The second kappa shape index (κ2) is 3.98. The highest BCUT2D eigenvalue weighted by atomic mass is 16.5. The summed E-state index contributed by atoms with van der Waals surface area (Å²) in [6, 6.07) is 6.24. The average molecular weight is 192 g/mol. The first kappa shape index (κ1) is 9.49. The smallest absolute Gasteiger partial charge is 0.122 e. The van der Waals surface area contributed by atoms with Crippen molar-refractivity contribution < 1.29 is 4.74 Å². The lowest BCUT2D eigenvalue weighted by Crippen LogP contribution is -2.15. The molecule has 0 amide bonds. The van der Waals surface area contributed by atoms with Crippen LogP contribution in [0.3, 0.4) is 0 Å². The molecule has 0 aromatic heterocycles. The van der Waals surface area contributed by atoms with Gasteiger partial charge in [0, 0.05) is 12.5 Å². The van der Waals surface area contributed by atoms with Gasteiger partial charge in [0.1, 0.15) is 5.75 Å². The van der Waals surface area contributed by atoms with Gasteiger partial charge in [0.15, 0.2) is 0 Å². The van der Waals surface area contributed by atoms with E-state index in [9.17, 15) is 0 Å². The number of benzene rings is 1. The van der Waals surface area contributed by atoms with Crippen LogP contribution in [0.4, 0.5) is 0 Å². The lowest BCUT2D eigenvalue weighted by atomic mass is 10.0. The molecule has 0 saturated carbocycles. The Balaban J connectivity index is 2.19. The minimum Gasteiger partial charge on any atom is -0.493 e. The maximum atomic E-state index is 5.98. The number of ether oxygens (including phenoxy) is 1. The van der Waals surface area contributed by atoms with E-state index in [1.165, 1.54) is 11.1 Å². The molecule has 0 spiro atoms. The predicted octanol–water partition coefficient (Wildman–Crippen LogP) is 0.970. The van der Waals surface area contributed by atoms with Gasteiger partial charge in [0.25, 0.3) is 0 Å². The first-order chi connectivity index (χ1) is 6.81. The molecule has 0 bridgehead atoms. The zero-order valence-electron chi connectivity index (χ0n) is 8.20. The lowest BCUT2D eigenvalue weighted by Gasteiger charge is -2.11. The molecule has 1 aliphatic rings. The molecule has 2 rings (SSSR count). The standard InChI is InChI=1S/C11H16N2O/c12-5-3-10(13)8-1-2-11-9(7-8)4-6-14-11/h1-2,7,10H,3-6,12-13H2. The summed E-state index contributed by atoms with van der Waals surface area (Å²) in [5.41, 5.74) is 13.9. The number of fused-ring (bicyclic) bond motifs is 1. The highest BCUT2D eigenvalue weighted by Gasteiger charge is 2.14. The van der Waals surface area contributed by atoms with E-state index >= 15 is 0 Å². The van der Waals surface area contributed by atoms with Crippen molar-refractivity contribution >= 4 is 0 Å². The van der Waals surface area contributed by atoms with Crippen molar-refractivity contribution in [1.29, 1.82) is 0 Å². The van der Waals surface area contributed by atoms with Gasteiger partial charge in [-0.1, -0.05) is 12.1 Å². The van der Waals surface area contributed by atoms with Gasteiger partial charge in [-0.2, -0.15) is 0 Å². The van der Waals surface area contributed by atoms with Gasteiger partial charge in [-0.05, 0) is 30.2 Å². The van der Waals surface area contributed by atoms with E-state index in [4.69, 9.17) is 16.2 Å². The highest BCUT2D eigenvalue weighted by Crippen LogP contribution is 2.28. The van der Waals surface area contributed by atoms with Crippen LogP contribution >= 0.6 is 0 Å². The fraction of sp³-hybridized carbons (Fsp3) is 0.455. The van der Waals surface area contributed by atoms with E-state index in [0.29, 0.717) is 6.54 Å². The number of hydrogen-bond acceptors (Lipinski definition) is 3. The second-order valence-corrected chi connectivity index (χ2v) is 3.65.